The summed E-state index contributed by atoms with van der Waals surface area (Å²) in [6.07, 6.45) is 4.77. The molecule has 0 unspecified atom stereocenters. The van der Waals surface area contributed by atoms with E-state index in [0.717, 1.165) is 0 Å². The van der Waals surface area contributed by atoms with Crippen LogP contribution >= 0.6 is 11.3 Å². The summed E-state index contributed by atoms with van der Waals surface area (Å²) < 4.78 is 5.71. The highest BCUT2D eigenvalue weighted by Gasteiger charge is 2.51. The first-order valence-corrected chi connectivity index (χ1v) is 27.0. The second kappa shape index (κ2) is 13.3. The number of aromatic nitrogens is 1. The molecule has 0 atom stereocenters. The molecule has 0 bridgehead atoms. The van der Waals surface area contributed by atoms with Crippen LogP contribution in [0, 0.1) is 0 Å². The van der Waals surface area contributed by atoms with E-state index >= 15 is 0 Å². The Morgan fingerprint density at radius 3 is 1.77 bits per heavy atom. The highest BCUT2D eigenvalue weighted by atomic mass is 32.1. The molecule has 6 aromatic carbocycles. The molecule has 0 saturated carbocycles. The van der Waals surface area contributed by atoms with E-state index in [1.165, 1.54) is 152 Å². The van der Waals surface area contributed by atoms with Crippen molar-refractivity contribution in [2.24, 2.45) is 0 Å². The molecule has 0 spiro atoms. The number of rotatable bonds is 1. The minimum absolute atomic E-state index is 0.0145. The Labute approximate surface area is 416 Å². The summed E-state index contributed by atoms with van der Waals surface area (Å²) in [4.78, 5) is 2.84. The summed E-state index contributed by atoms with van der Waals surface area (Å²) in [6.45, 7) is 39.2. The summed E-state index contributed by atoms with van der Waals surface area (Å²) in [7, 11) is 0. The number of thiophene rings is 1. The topological polar surface area (TPSA) is 8.17 Å². The molecule has 0 amide bonds. The zero-order chi connectivity index (χ0) is 48.7. The zero-order valence-electron chi connectivity index (χ0n) is 44.4. The molecule has 0 saturated heterocycles. The van der Waals surface area contributed by atoms with Gasteiger partial charge in [0.2, 0.25) is 0 Å². The smallest absolute Gasteiger partial charge is 0.343 e. The molecule has 4 heterocycles. The first-order valence-electron chi connectivity index (χ1n) is 26.2. The minimum atomic E-state index is -0.196. The van der Waals surface area contributed by atoms with Gasteiger partial charge in [0.25, 0.3) is 0 Å². The first-order chi connectivity index (χ1) is 32.2. The molecule has 3 aliphatic carbocycles. The normalized spacial score (nSPS) is 19.6. The van der Waals surface area contributed by atoms with Crippen LogP contribution in [0.25, 0.3) is 54.1 Å². The Hall–Kier alpha value is -5.06. The van der Waals surface area contributed by atoms with Gasteiger partial charge in [0.05, 0.1) is 11.4 Å². The minimum Gasteiger partial charge on any atom is -0.375 e. The monoisotopic (exact) mass is 923 g/mol. The quantitative estimate of drug-likeness (QED) is 0.149. The van der Waals surface area contributed by atoms with Crippen molar-refractivity contribution in [3.63, 3.8) is 0 Å². The van der Waals surface area contributed by atoms with E-state index in [9.17, 15) is 0 Å². The summed E-state index contributed by atoms with van der Waals surface area (Å²) in [5.41, 5.74) is 25.7. The Morgan fingerprint density at radius 1 is 0.493 bits per heavy atom. The molecular formula is C65H71BN2S. The second-order valence-electron chi connectivity index (χ2n) is 27.5. The molecule has 0 N–H and O–H groups in total. The van der Waals surface area contributed by atoms with Crippen LogP contribution in [0.15, 0.2) is 91.0 Å². The van der Waals surface area contributed by atoms with Crippen molar-refractivity contribution < 1.29 is 0 Å². The number of nitrogens with zero attached hydrogens (tertiary/aromatic N) is 2. The van der Waals surface area contributed by atoms with Crippen LogP contribution in [-0.4, -0.2) is 11.3 Å². The van der Waals surface area contributed by atoms with Gasteiger partial charge in [-0.05, 0) is 174 Å². The van der Waals surface area contributed by atoms with Gasteiger partial charge in [-0.2, -0.15) is 0 Å². The standard InChI is InChI=1S/C65H71BN2S/c1-59(2,3)36-21-24-51-40(29-36)42-30-37(60(4,5)6)31-43-41-33-50-53(39-19-17-18-20-45(39)65(50,15)16)57-54(41)66(68(51)55(42)43)58-56(44-34-48-49(35-52(44)69-58)64(13,14)28-27-63(48,11)12)67(57)38-22-23-46-47(32-38)62(9,10)26-25-61(46,7)8/h17-24,29-35H,25-28H2,1-16H3. The van der Waals surface area contributed by atoms with Crippen LogP contribution in [0.1, 0.15) is 181 Å². The van der Waals surface area contributed by atoms with Crippen molar-refractivity contribution in [2.75, 3.05) is 4.90 Å². The van der Waals surface area contributed by atoms with Gasteiger partial charge in [0.1, 0.15) is 0 Å². The predicted octanol–water partition coefficient (Wildman–Crippen LogP) is 17.0. The number of benzene rings is 6. The van der Waals surface area contributed by atoms with Crippen molar-refractivity contribution in [3.8, 4) is 22.3 Å². The lowest BCUT2D eigenvalue weighted by atomic mass is 9.47. The van der Waals surface area contributed by atoms with E-state index in [0.29, 0.717) is 0 Å². The molecule has 13 rings (SSSR count). The molecule has 350 valence electrons. The lowest BCUT2D eigenvalue weighted by Gasteiger charge is -2.44. The summed E-state index contributed by atoms with van der Waals surface area (Å²) in [5, 5.41) is 4.17. The highest BCUT2D eigenvalue weighted by Crippen LogP contribution is 2.60. The van der Waals surface area contributed by atoms with E-state index in [-0.39, 0.29) is 44.8 Å². The average Bonchev–Trinajstić information content (AvgIpc) is 3.89. The number of anilines is 3. The number of hydrogen-bond donors (Lipinski definition) is 0. The van der Waals surface area contributed by atoms with Crippen molar-refractivity contribution >= 4 is 77.4 Å². The Morgan fingerprint density at radius 2 is 1.10 bits per heavy atom. The molecule has 8 aromatic rings. The maximum Gasteiger partial charge on any atom is 0.343 e. The van der Waals surface area contributed by atoms with Gasteiger partial charge >= 0.3 is 6.85 Å². The number of hydrogen-bond acceptors (Lipinski definition) is 2. The van der Waals surface area contributed by atoms with E-state index in [1.807, 2.05) is 0 Å². The van der Waals surface area contributed by atoms with Gasteiger partial charge in [0, 0.05) is 58.9 Å². The highest BCUT2D eigenvalue weighted by molar-refractivity contribution is 7.32. The van der Waals surface area contributed by atoms with E-state index in [2.05, 4.69) is 222 Å². The van der Waals surface area contributed by atoms with Crippen LogP contribution in [0.3, 0.4) is 0 Å². The second-order valence-corrected chi connectivity index (χ2v) is 28.6. The zero-order valence-corrected chi connectivity index (χ0v) is 45.2. The van der Waals surface area contributed by atoms with Gasteiger partial charge in [-0.3, -0.25) is 0 Å². The van der Waals surface area contributed by atoms with Crippen molar-refractivity contribution in [1.29, 1.82) is 0 Å². The van der Waals surface area contributed by atoms with Crippen molar-refractivity contribution in [1.82, 2.24) is 4.48 Å². The first kappa shape index (κ1) is 43.9. The summed E-state index contributed by atoms with van der Waals surface area (Å²) >= 11 is 2.08. The van der Waals surface area contributed by atoms with Gasteiger partial charge in [-0.1, -0.05) is 147 Å². The van der Waals surface area contributed by atoms with Crippen LogP contribution in [0.5, 0.6) is 0 Å². The molecule has 4 heteroatoms. The predicted molar refractivity (Wildman–Crippen MR) is 301 cm³/mol. The molecule has 0 radical (unpaired) electrons. The lowest BCUT2D eigenvalue weighted by Crippen LogP contribution is -2.55. The largest absolute Gasteiger partial charge is 0.375 e. The molecule has 5 aliphatic rings. The van der Waals surface area contributed by atoms with Crippen LogP contribution < -0.4 is 15.1 Å². The van der Waals surface area contributed by atoms with E-state index in [1.54, 1.807) is 0 Å². The van der Waals surface area contributed by atoms with Crippen LogP contribution in [0.2, 0.25) is 0 Å². The summed E-state index contributed by atoms with van der Waals surface area (Å²) in [5.74, 6) is 0. The Balaban J connectivity index is 1.26. The molecule has 0 fully saturated rings. The molecule has 2 nitrogen and oxygen atoms in total. The third kappa shape index (κ3) is 5.73. The SMILES string of the molecule is CC(C)(C)c1ccc2c(c1)c1cc(C(C)(C)C)cc3c1n2B1c2sc4cc5c(cc4c2N(c2ccc4c(c2)C(C)(C)CCC4(C)C)c2c1c-3cc1c2-c2ccccc2C1(C)C)C(C)(C)CCC5(C)C. The van der Waals surface area contributed by atoms with Gasteiger partial charge < -0.3 is 9.38 Å². The van der Waals surface area contributed by atoms with Gasteiger partial charge in [0.15, 0.2) is 0 Å². The molecule has 2 aromatic heterocycles. The Kier molecular flexibility index (Phi) is 8.44. The Bertz CT molecular complexity index is 3620. The molecule has 2 aliphatic heterocycles. The fourth-order valence-corrected chi connectivity index (χ4v) is 15.5. The van der Waals surface area contributed by atoms with Crippen LogP contribution in [0.4, 0.5) is 17.1 Å². The lowest BCUT2D eigenvalue weighted by molar-refractivity contribution is 0.332. The fourth-order valence-electron chi connectivity index (χ4n) is 14.2. The van der Waals surface area contributed by atoms with E-state index < -0.39 is 0 Å². The third-order valence-electron chi connectivity index (χ3n) is 18.8. The number of fused-ring (bicyclic) bond motifs is 15. The third-order valence-corrected chi connectivity index (χ3v) is 20.0. The van der Waals surface area contributed by atoms with Crippen LogP contribution in [-0.2, 0) is 37.9 Å². The van der Waals surface area contributed by atoms with Crippen molar-refractivity contribution in [2.45, 2.75) is 174 Å². The maximum atomic E-state index is 2.84. The summed E-state index contributed by atoms with van der Waals surface area (Å²) in [6, 6.07) is 37.8. The van der Waals surface area contributed by atoms with Gasteiger partial charge in [-0.15, -0.1) is 11.3 Å². The average molecular weight is 923 g/mol. The van der Waals surface area contributed by atoms with E-state index in [4.69, 9.17) is 0 Å². The van der Waals surface area contributed by atoms with Crippen molar-refractivity contribution in [3.05, 3.63) is 136 Å². The van der Waals surface area contributed by atoms with Gasteiger partial charge in [-0.25, -0.2) is 0 Å². The molecule has 69 heavy (non-hydrogen) atoms. The molecular weight excluding hydrogens is 852 g/mol. The fraction of sp³-hybridized carbons (Fsp3) is 0.415. The maximum absolute atomic E-state index is 2.84.